The highest BCUT2D eigenvalue weighted by atomic mass is 32.2. The first-order chi connectivity index (χ1) is 14.5. The molecular weight excluding hydrogens is 402 g/mol. The molecule has 162 valence electrons. The molecule has 1 aliphatic heterocycles. The summed E-state index contributed by atoms with van der Waals surface area (Å²) in [5.74, 6) is -0.0631. The molecule has 1 heterocycles. The normalized spacial score (nSPS) is 15.2. The fourth-order valence-corrected chi connectivity index (χ4v) is 4.58. The molecule has 0 unspecified atom stereocenters. The van der Waals surface area contributed by atoms with Gasteiger partial charge in [-0.25, -0.2) is 13.1 Å². The van der Waals surface area contributed by atoms with E-state index < -0.39 is 10.0 Å². The average molecular weight is 432 g/mol. The van der Waals surface area contributed by atoms with Gasteiger partial charge in [0.25, 0.3) is 0 Å². The van der Waals surface area contributed by atoms with Crippen LogP contribution in [0.5, 0.6) is 0 Å². The van der Waals surface area contributed by atoms with Crippen molar-refractivity contribution in [2.45, 2.75) is 24.2 Å². The topological polar surface area (TPSA) is 87.7 Å². The maximum absolute atomic E-state index is 12.6. The summed E-state index contributed by atoms with van der Waals surface area (Å²) in [6.07, 6.45) is 2.18. The van der Waals surface area contributed by atoms with Crippen LogP contribution in [0.1, 0.15) is 19.3 Å². The number of sulfonamides is 1. The average Bonchev–Trinajstić information content (AvgIpc) is 2.78. The van der Waals surface area contributed by atoms with E-state index in [1.54, 1.807) is 19.2 Å². The van der Waals surface area contributed by atoms with Crippen molar-refractivity contribution in [2.75, 3.05) is 43.6 Å². The number of piperidine rings is 1. The van der Waals surface area contributed by atoms with Crippen molar-refractivity contribution in [3.8, 4) is 0 Å². The molecular formula is C22H29N3O4S. The number of benzene rings is 2. The van der Waals surface area contributed by atoms with Crippen molar-refractivity contribution in [3.63, 3.8) is 0 Å². The van der Waals surface area contributed by atoms with Crippen LogP contribution in [0, 0.1) is 5.92 Å². The Morgan fingerprint density at radius 2 is 1.73 bits per heavy atom. The molecule has 2 aromatic rings. The first-order valence-electron chi connectivity index (χ1n) is 10.2. The van der Waals surface area contributed by atoms with Crippen LogP contribution < -0.4 is 14.9 Å². The smallest absolute Gasteiger partial charge is 0.240 e. The van der Waals surface area contributed by atoms with Crippen LogP contribution in [-0.4, -0.2) is 47.7 Å². The van der Waals surface area contributed by atoms with Crippen molar-refractivity contribution in [3.05, 3.63) is 54.6 Å². The molecule has 2 N–H and O–H groups in total. The number of hydrogen-bond donors (Lipinski definition) is 2. The minimum absolute atomic E-state index is 0.0176. The van der Waals surface area contributed by atoms with Crippen LogP contribution in [0.15, 0.2) is 59.5 Å². The zero-order chi connectivity index (χ0) is 21.4. The first-order valence-corrected chi connectivity index (χ1v) is 11.7. The Kier molecular flexibility index (Phi) is 7.84. The number of nitrogens with zero attached hydrogens (tertiary/aromatic N) is 1. The number of methoxy groups -OCH3 is 1. The number of para-hydroxylation sites is 1. The van der Waals surface area contributed by atoms with Crippen LogP contribution in [-0.2, 0) is 19.6 Å². The highest BCUT2D eigenvalue weighted by Gasteiger charge is 2.25. The van der Waals surface area contributed by atoms with Gasteiger partial charge in [-0.1, -0.05) is 18.2 Å². The number of anilines is 2. The van der Waals surface area contributed by atoms with Crippen molar-refractivity contribution < 1.29 is 17.9 Å². The Balaban J connectivity index is 1.50. The van der Waals surface area contributed by atoms with Crippen LogP contribution in [0.25, 0.3) is 0 Å². The quantitative estimate of drug-likeness (QED) is 0.596. The van der Waals surface area contributed by atoms with Gasteiger partial charge in [0.15, 0.2) is 0 Å². The van der Waals surface area contributed by atoms with Gasteiger partial charge >= 0.3 is 0 Å². The monoisotopic (exact) mass is 431 g/mol. The largest absolute Gasteiger partial charge is 0.385 e. The third-order valence-electron chi connectivity index (χ3n) is 5.24. The number of nitrogens with one attached hydrogen (secondary N) is 2. The maximum atomic E-state index is 12.6. The molecule has 0 saturated carbocycles. The Labute approximate surface area is 178 Å². The Bertz CT molecular complexity index is 909. The minimum atomic E-state index is -3.56. The Morgan fingerprint density at radius 3 is 2.37 bits per heavy atom. The maximum Gasteiger partial charge on any atom is 0.240 e. The molecule has 1 fully saturated rings. The summed E-state index contributed by atoms with van der Waals surface area (Å²) >= 11 is 0. The molecule has 1 aliphatic rings. The standard InChI is InChI=1S/C22H29N3O4S/c1-29-17-5-14-23-30(27,28)21-10-8-19(9-11-21)24-22(26)18-12-15-25(16-13-18)20-6-3-2-4-7-20/h2-4,6-11,18,23H,5,12-17H2,1H3,(H,24,26). The summed E-state index contributed by atoms with van der Waals surface area (Å²) in [5.41, 5.74) is 1.79. The number of rotatable bonds is 9. The molecule has 0 radical (unpaired) electrons. The van der Waals surface area contributed by atoms with Gasteiger partial charge in [-0.05, 0) is 55.7 Å². The summed E-state index contributed by atoms with van der Waals surface area (Å²) in [4.78, 5) is 15.1. The molecule has 8 heteroatoms. The predicted molar refractivity (Wildman–Crippen MR) is 118 cm³/mol. The van der Waals surface area contributed by atoms with E-state index in [2.05, 4.69) is 27.1 Å². The highest BCUT2D eigenvalue weighted by molar-refractivity contribution is 7.89. The van der Waals surface area contributed by atoms with Gasteiger partial charge in [-0.15, -0.1) is 0 Å². The molecule has 0 spiro atoms. The Morgan fingerprint density at radius 1 is 1.07 bits per heavy atom. The molecule has 0 bridgehead atoms. The lowest BCUT2D eigenvalue weighted by molar-refractivity contribution is -0.120. The van der Waals surface area contributed by atoms with Crippen molar-refractivity contribution in [1.82, 2.24) is 4.72 Å². The van der Waals surface area contributed by atoms with E-state index in [1.807, 2.05) is 18.2 Å². The van der Waals surface area contributed by atoms with E-state index in [9.17, 15) is 13.2 Å². The summed E-state index contributed by atoms with van der Waals surface area (Å²) in [7, 11) is -1.99. The van der Waals surface area contributed by atoms with E-state index in [0.29, 0.717) is 25.3 Å². The molecule has 30 heavy (non-hydrogen) atoms. The summed E-state index contributed by atoms with van der Waals surface area (Å²) in [6, 6.07) is 16.5. The zero-order valence-electron chi connectivity index (χ0n) is 17.2. The number of carbonyl (C=O) groups excluding carboxylic acids is 1. The molecule has 2 aromatic carbocycles. The third kappa shape index (κ3) is 6.04. The van der Waals surface area contributed by atoms with Crippen LogP contribution in [0.3, 0.4) is 0 Å². The van der Waals surface area contributed by atoms with Crippen LogP contribution >= 0.6 is 0 Å². The lowest BCUT2D eigenvalue weighted by Gasteiger charge is -2.33. The van der Waals surface area contributed by atoms with Crippen LogP contribution in [0.4, 0.5) is 11.4 Å². The molecule has 0 aromatic heterocycles. The number of carbonyl (C=O) groups is 1. The van der Waals surface area contributed by atoms with Gasteiger partial charge in [-0.2, -0.15) is 0 Å². The zero-order valence-corrected chi connectivity index (χ0v) is 18.0. The molecule has 1 amide bonds. The molecule has 7 nitrogen and oxygen atoms in total. The molecule has 1 saturated heterocycles. The fourth-order valence-electron chi connectivity index (χ4n) is 3.51. The van der Waals surface area contributed by atoms with Crippen molar-refractivity contribution in [1.29, 1.82) is 0 Å². The van der Waals surface area contributed by atoms with Gasteiger partial charge in [0.05, 0.1) is 4.90 Å². The second-order valence-electron chi connectivity index (χ2n) is 7.35. The number of ether oxygens (including phenoxy) is 1. The second-order valence-corrected chi connectivity index (χ2v) is 9.12. The first kappa shape index (κ1) is 22.3. The van der Waals surface area contributed by atoms with Gasteiger partial charge in [-0.3, -0.25) is 4.79 Å². The lowest BCUT2D eigenvalue weighted by Crippen LogP contribution is -2.38. The number of hydrogen-bond acceptors (Lipinski definition) is 5. The van der Waals surface area contributed by atoms with Gasteiger partial charge in [0.2, 0.25) is 15.9 Å². The second kappa shape index (κ2) is 10.6. The fraction of sp³-hybridized carbons (Fsp3) is 0.409. The van der Waals surface area contributed by atoms with Gasteiger partial charge in [0, 0.05) is 50.6 Å². The molecule has 0 aliphatic carbocycles. The lowest BCUT2D eigenvalue weighted by atomic mass is 9.95. The third-order valence-corrected chi connectivity index (χ3v) is 6.71. The minimum Gasteiger partial charge on any atom is -0.385 e. The molecule has 0 atom stereocenters. The predicted octanol–water partition coefficient (Wildman–Crippen LogP) is 2.86. The SMILES string of the molecule is COCCCNS(=O)(=O)c1ccc(NC(=O)C2CCN(c3ccccc3)CC2)cc1. The van der Waals surface area contributed by atoms with Crippen LogP contribution in [0.2, 0.25) is 0 Å². The number of amides is 1. The van der Waals surface area contributed by atoms with E-state index in [4.69, 9.17) is 4.74 Å². The van der Waals surface area contributed by atoms with E-state index in [1.165, 1.54) is 17.8 Å². The van der Waals surface area contributed by atoms with Gasteiger partial charge in [0.1, 0.15) is 0 Å². The van der Waals surface area contributed by atoms with E-state index in [0.717, 1.165) is 25.9 Å². The molecule has 3 rings (SSSR count). The summed E-state index contributed by atoms with van der Waals surface area (Å²) in [6.45, 7) is 2.50. The highest BCUT2D eigenvalue weighted by Crippen LogP contribution is 2.24. The van der Waals surface area contributed by atoms with E-state index >= 15 is 0 Å². The summed E-state index contributed by atoms with van der Waals surface area (Å²) in [5, 5.41) is 2.92. The van der Waals surface area contributed by atoms with Gasteiger partial charge < -0.3 is 15.0 Å². The summed E-state index contributed by atoms with van der Waals surface area (Å²) < 4.78 is 32.0. The van der Waals surface area contributed by atoms with Crippen molar-refractivity contribution >= 4 is 27.3 Å². The van der Waals surface area contributed by atoms with Crippen molar-refractivity contribution in [2.24, 2.45) is 5.92 Å². The Hall–Kier alpha value is -2.42. The van der Waals surface area contributed by atoms with E-state index in [-0.39, 0.29) is 16.7 Å².